The lowest BCUT2D eigenvalue weighted by Crippen LogP contribution is -2.25. The van der Waals surface area contributed by atoms with E-state index in [2.05, 4.69) is 15.4 Å². The Kier molecular flexibility index (Phi) is 4.10. The first kappa shape index (κ1) is 16.2. The monoisotopic (exact) mass is 365 g/mol. The minimum Gasteiger partial charge on any atom is -0.325 e. The number of aryl methyl sites for hydroxylation is 1. The quantitative estimate of drug-likeness (QED) is 0.603. The molecule has 0 saturated carbocycles. The second kappa shape index (κ2) is 6.57. The van der Waals surface area contributed by atoms with Crippen LogP contribution in [0.2, 0.25) is 0 Å². The van der Waals surface area contributed by atoms with Gasteiger partial charge in [0.05, 0.1) is 4.88 Å². The van der Waals surface area contributed by atoms with Crippen LogP contribution in [0.15, 0.2) is 58.7 Å². The maximum absolute atomic E-state index is 12.4. The molecule has 3 aromatic heterocycles. The van der Waals surface area contributed by atoms with Gasteiger partial charge >= 0.3 is 0 Å². The van der Waals surface area contributed by atoms with Crippen molar-refractivity contribution in [2.24, 2.45) is 0 Å². The van der Waals surface area contributed by atoms with Crippen molar-refractivity contribution in [2.75, 3.05) is 5.32 Å². The number of hydrogen-bond donors (Lipinski definition) is 1. The van der Waals surface area contributed by atoms with Crippen LogP contribution in [0.5, 0.6) is 0 Å². The summed E-state index contributed by atoms with van der Waals surface area (Å²) in [6.45, 7) is 1.81. The van der Waals surface area contributed by atoms with Gasteiger partial charge in [-0.25, -0.2) is 0 Å². The molecule has 0 saturated heterocycles. The number of benzene rings is 1. The van der Waals surface area contributed by atoms with Crippen LogP contribution in [0.1, 0.15) is 5.69 Å². The molecule has 0 atom stereocenters. The number of rotatable bonds is 4. The van der Waals surface area contributed by atoms with Gasteiger partial charge in [-0.05, 0) is 30.5 Å². The van der Waals surface area contributed by atoms with E-state index in [0.717, 1.165) is 4.88 Å². The van der Waals surface area contributed by atoms with E-state index in [4.69, 9.17) is 0 Å². The fraction of sp³-hybridized carbons (Fsp3) is 0.111. The van der Waals surface area contributed by atoms with Crippen molar-refractivity contribution in [3.63, 3.8) is 0 Å². The van der Waals surface area contributed by atoms with E-state index < -0.39 is 0 Å². The van der Waals surface area contributed by atoms with Crippen LogP contribution < -0.4 is 10.9 Å². The molecule has 0 bridgehead atoms. The molecular formula is C18H15N5O2S. The first-order valence-electron chi connectivity index (χ1n) is 7.98. The third kappa shape index (κ3) is 3.02. The zero-order valence-electron chi connectivity index (χ0n) is 13.9. The van der Waals surface area contributed by atoms with Gasteiger partial charge in [-0.15, -0.1) is 16.4 Å². The van der Waals surface area contributed by atoms with Crippen molar-refractivity contribution in [3.8, 4) is 10.7 Å². The van der Waals surface area contributed by atoms with Crippen LogP contribution in [0.4, 0.5) is 5.69 Å². The summed E-state index contributed by atoms with van der Waals surface area (Å²) in [6, 6.07) is 14.5. The molecule has 0 spiro atoms. The number of carbonyl (C=O) groups is 1. The molecule has 0 fully saturated rings. The van der Waals surface area contributed by atoms with E-state index in [1.807, 2.05) is 47.8 Å². The molecule has 1 aromatic carbocycles. The maximum atomic E-state index is 12.4. The van der Waals surface area contributed by atoms with Crippen LogP contribution in [0, 0.1) is 6.92 Å². The minimum atomic E-state index is -0.271. The SMILES string of the molecule is Cc1cc(=O)n2nc(-c3cccs3)nc2n1CC(=O)Nc1ccccc1. The topological polar surface area (TPSA) is 81.3 Å². The highest BCUT2D eigenvalue weighted by atomic mass is 32.1. The van der Waals surface area contributed by atoms with E-state index in [9.17, 15) is 9.59 Å². The molecule has 7 nitrogen and oxygen atoms in total. The summed E-state index contributed by atoms with van der Waals surface area (Å²) in [5.41, 5.74) is 1.09. The van der Waals surface area contributed by atoms with Crippen molar-refractivity contribution in [2.45, 2.75) is 13.5 Å². The number of hydrogen-bond acceptors (Lipinski definition) is 5. The second-order valence-corrected chi connectivity index (χ2v) is 6.70. The van der Waals surface area contributed by atoms with Gasteiger partial charge in [0.25, 0.3) is 5.56 Å². The van der Waals surface area contributed by atoms with Gasteiger partial charge in [-0.3, -0.25) is 9.59 Å². The fourth-order valence-corrected chi connectivity index (χ4v) is 3.33. The van der Waals surface area contributed by atoms with Gasteiger partial charge in [0.15, 0.2) is 5.82 Å². The molecule has 1 N–H and O–H groups in total. The fourth-order valence-electron chi connectivity index (χ4n) is 2.67. The molecule has 1 amide bonds. The number of nitrogens with zero attached hydrogens (tertiary/aromatic N) is 4. The van der Waals surface area contributed by atoms with Crippen LogP contribution in [0.25, 0.3) is 16.5 Å². The highest BCUT2D eigenvalue weighted by Crippen LogP contribution is 2.21. The molecule has 0 radical (unpaired) electrons. The van der Waals surface area contributed by atoms with Gasteiger partial charge in [0.2, 0.25) is 11.7 Å². The molecule has 26 heavy (non-hydrogen) atoms. The third-order valence-corrected chi connectivity index (χ3v) is 4.76. The average Bonchev–Trinajstić information content (AvgIpc) is 3.29. The molecule has 4 aromatic rings. The van der Waals surface area contributed by atoms with Gasteiger partial charge < -0.3 is 9.88 Å². The number of aromatic nitrogens is 4. The average molecular weight is 365 g/mol. The number of amides is 1. The standard InChI is InChI=1S/C18H15N5O2S/c1-12-10-16(25)23-18(20-17(21-23)14-8-5-9-26-14)22(12)11-15(24)19-13-6-3-2-4-7-13/h2-10H,11H2,1H3,(H,19,24). The molecule has 8 heteroatoms. The predicted octanol–water partition coefficient (Wildman–Crippen LogP) is 2.57. The number of para-hydroxylation sites is 1. The number of thiophene rings is 1. The van der Waals surface area contributed by atoms with Crippen LogP contribution in [0.3, 0.4) is 0 Å². The summed E-state index contributed by atoms with van der Waals surface area (Å²) in [5, 5.41) is 9.06. The molecule has 3 heterocycles. The van der Waals surface area contributed by atoms with Crippen LogP contribution in [-0.4, -0.2) is 25.1 Å². The summed E-state index contributed by atoms with van der Waals surface area (Å²) in [6.07, 6.45) is 0. The summed E-state index contributed by atoms with van der Waals surface area (Å²) < 4.78 is 2.92. The van der Waals surface area contributed by atoms with Crippen molar-refractivity contribution in [1.82, 2.24) is 19.2 Å². The van der Waals surface area contributed by atoms with Crippen molar-refractivity contribution in [1.29, 1.82) is 0 Å². The molecular weight excluding hydrogens is 350 g/mol. The first-order valence-corrected chi connectivity index (χ1v) is 8.86. The van der Waals surface area contributed by atoms with Gasteiger partial charge in [-0.1, -0.05) is 24.3 Å². The van der Waals surface area contributed by atoms with E-state index >= 15 is 0 Å². The Morgan fingerprint density at radius 1 is 1.19 bits per heavy atom. The molecule has 4 rings (SSSR count). The highest BCUT2D eigenvalue weighted by Gasteiger charge is 2.16. The third-order valence-electron chi connectivity index (χ3n) is 3.90. The molecule has 0 aliphatic carbocycles. The Balaban J connectivity index is 1.72. The van der Waals surface area contributed by atoms with Gasteiger partial charge in [0.1, 0.15) is 6.54 Å². The van der Waals surface area contributed by atoms with Gasteiger partial charge in [0, 0.05) is 17.4 Å². The van der Waals surface area contributed by atoms with E-state index in [0.29, 0.717) is 23.0 Å². The second-order valence-electron chi connectivity index (χ2n) is 5.75. The molecule has 0 unspecified atom stereocenters. The Morgan fingerprint density at radius 2 is 2.00 bits per heavy atom. The molecule has 0 aliphatic heterocycles. The Bertz CT molecular complexity index is 1130. The number of carbonyl (C=O) groups excluding carboxylic acids is 1. The van der Waals surface area contributed by atoms with Crippen molar-refractivity contribution < 1.29 is 4.79 Å². The number of nitrogens with one attached hydrogen (secondary N) is 1. The lowest BCUT2D eigenvalue weighted by molar-refractivity contribution is -0.116. The summed E-state index contributed by atoms with van der Waals surface area (Å²) >= 11 is 1.49. The Morgan fingerprint density at radius 3 is 2.73 bits per heavy atom. The van der Waals surface area contributed by atoms with Crippen molar-refractivity contribution in [3.05, 3.63) is 70.0 Å². The summed E-state index contributed by atoms with van der Waals surface area (Å²) in [4.78, 5) is 30.0. The molecule has 0 aliphatic rings. The van der Waals surface area contributed by atoms with E-state index in [1.165, 1.54) is 21.9 Å². The number of fused-ring (bicyclic) bond motifs is 1. The predicted molar refractivity (Wildman–Crippen MR) is 100 cm³/mol. The zero-order chi connectivity index (χ0) is 18.1. The smallest absolute Gasteiger partial charge is 0.275 e. The number of anilines is 1. The first-order chi connectivity index (χ1) is 12.6. The largest absolute Gasteiger partial charge is 0.325 e. The van der Waals surface area contributed by atoms with Crippen LogP contribution in [-0.2, 0) is 11.3 Å². The lowest BCUT2D eigenvalue weighted by Gasteiger charge is -2.11. The Hall–Kier alpha value is -3.26. The van der Waals surface area contributed by atoms with E-state index in [1.54, 1.807) is 11.5 Å². The summed E-state index contributed by atoms with van der Waals surface area (Å²) in [5.74, 6) is 0.618. The van der Waals surface area contributed by atoms with E-state index in [-0.39, 0.29) is 18.0 Å². The zero-order valence-corrected chi connectivity index (χ0v) is 14.7. The highest BCUT2D eigenvalue weighted by molar-refractivity contribution is 7.13. The lowest BCUT2D eigenvalue weighted by atomic mass is 10.3. The molecule has 130 valence electrons. The van der Waals surface area contributed by atoms with Crippen molar-refractivity contribution >= 4 is 28.7 Å². The Labute approximate surface area is 152 Å². The summed E-state index contributed by atoms with van der Waals surface area (Å²) in [7, 11) is 0. The van der Waals surface area contributed by atoms with Gasteiger partial charge in [-0.2, -0.15) is 9.50 Å². The maximum Gasteiger partial charge on any atom is 0.275 e. The normalized spacial score (nSPS) is 11.0. The minimum absolute atomic E-state index is 0.0348. The van der Waals surface area contributed by atoms with Crippen LogP contribution >= 0.6 is 11.3 Å².